The largest absolute Gasteiger partial charge is 0.457 e. The van der Waals surface area contributed by atoms with Crippen molar-refractivity contribution < 1.29 is 4.74 Å². The number of nitrogens with zero attached hydrogens (tertiary/aromatic N) is 4. The summed E-state index contributed by atoms with van der Waals surface area (Å²) in [6.45, 7) is 2.23. The van der Waals surface area contributed by atoms with Crippen molar-refractivity contribution in [2.45, 2.75) is 56.7 Å². The number of fused-ring (bicyclic) bond motifs is 1. The molecule has 186 valence electrons. The normalized spacial score (nSPS) is 23.1. The third-order valence-corrected chi connectivity index (χ3v) is 7.85. The quantitative estimate of drug-likeness (QED) is 0.397. The van der Waals surface area contributed by atoms with Crippen molar-refractivity contribution in [1.29, 1.82) is 0 Å². The molecule has 6 rings (SSSR count). The fourth-order valence-electron chi connectivity index (χ4n) is 6.01. The molecule has 2 aromatic carbocycles. The number of nitrogens with two attached hydrogens (primary N) is 2. The molecule has 2 aliphatic rings. The monoisotopic (exact) mass is 482 g/mol. The maximum atomic E-state index is 6.39. The predicted octanol–water partition coefficient (Wildman–Crippen LogP) is 5.38. The first-order valence-electron chi connectivity index (χ1n) is 13.1. The van der Waals surface area contributed by atoms with Gasteiger partial charge in [-0.3, -0.25) is 4.90 Å². The molecular formula is C29H34N6O. The Morgan fingerprint density at radius 3 is 2.31 bits per heavy atom. The van der Waals surface area contributed by atoms with Crippen molar-refractivity contribution in [2.75, 3.05) is 18.8 Å². The highest BCUT2D eigenvalue weighted by atomic mass is 16.5. The molecule has 4 aromatic rings. The first-order chi connectivity index (χ1) is 17.7. The van der Waals surface area contributed by atoms with E-state index in [1.807, 2.05) is 42.5 Å². The number of anilines is 1. The Balaban J connectivity index is 1.25. The lowest BCUT2D eigenvalue weighted by Crippen LogP contribution is -2.48. The summed E-state index contributed by atoms with van der Waals surface area (Å²) in [6.07, 6.45) is 10.8. The van der Waals surface area contributed by atoms with Crippen LogP contribution in [0.5, 0.6) is 11.5 Å². The molecule has 1 saturated carbocycles. The van der Waals surface area contributed by atoms with Crippen LogP contribution >= 0.6 is 0 Å². The molecule has 7 nitrogen and oxygen atoms in total. The van der Waals surface area contributed by atoms with Crippen molar-refractivity contribution in [3.8, 4) is 22.6 Å². The van der Waals surface area contributed by atoms with Gasteiger partial charge in [-0.2, -0.15) is 0 Å². The molecule has 1 aliphatic heterocycles. The van der Waals surface area contributed by atoms with Crippen LogP contribution < -0.4 is 16.2 Å². The highest BCUT2D eigenvalue weighted by molar-refractivity contribution is 6.00. The zero-order valence-corrected chi connectivity index (χ0v) is 20.6. The van der Waals surface area contributed by atoms with Gasteiger partial charge in [0, 0.05) is 36.4 Å². The highest BCUT2D eigenvalue weighted by Gasteiger charge is 2.30. The van der Waals surface area contributed by atoms with Crippen molar-refractivity contribution in [2.24, 2.45) is 5.73 Å². The summed E-state index contributed by atoms with van der Waals surface area (Å²) < 4.78 is 8.32. The Morgan fingerprint density at radius 2 is 1.56 bits per heavy atom. The summed E-state index contributed by atoms with van der Waals surface area (Å²) in [6, 6.07) is 19.4. The first-order valence-corrected chi connectivity index (χ1v) is 13.1. The molecule has 0 unspecified atom stereocenters. The Labute approximate surface area is 212 Å². The maximum absolute atomic E-state index is 6.39. The fourth-order valence-corrected chi connectivity index (χ4v) is 6.01. The minimum absolute atomic E-state index is 0.330. The summed E-state index contributed by atoms with van der Waals surface area (Å²) in [7, 11) is 0. The second kappa shape index (κ2) is 9.91. The number of hydrogen-bond acceptors (Lipinski definition) is 6. The van der Waals surface area contributed by atoms with Gasteiger partial charge in [0.25, 0.3) is 0 Å². The smallest absolute Gasteiger partial charge is 0.146 e. The zero-order valence-electron chi connectivity index (χ0n) is 20.6. The molecule has 1 atom stereocenters. The fraction of sp³-hybridized carbons (Fsp3) is 0.379. The van der Waals surface area contributed by atoms with Gasteiger partial charge in [0.05, 0.1) is 5.39 Å². The van der Waals surface area contributed by atoms with Crippen molar-refractivity contribution in [3.63, 3.8) is 0 Å². The lowest BCUT2D eigenvalue weighted by Gasteiger charge is -2.41. The average Bonchev–Trinajstić information content (AvgIpc) is 3.31. The average molecular weight is 483 g/mol. The Kier molecular flexibility index (Phi) is 6.34. The number of nitrogen functional groups attached to an aromatic ring is 1. The molecule has 1 aliphatic carbocycles. The summed E-state index contributed by atoms with van der Waals surface area (Å²) in [5.74, 6) is 2.14. The Morgan fingerprint density at radius 1 is 0.833 bits per heavy atom. The molecule has 7 heteroatoms. The van der Waals surface area contributed by atoms with E-state index in [-0.39, 0.29) is 0 Å². The third-order valence-electron chi connectivity index (χ3n) is 7.85. The van der Waals surface area contributed by atoms with E-state index in [0.717, 1.165) is 59.5 Å². The standard InChI is InChI=1S/C29H34N6O/c30-21-5-4-16-34(17-21)22-10-12-23(13-11-22)35-18-26(27-28(31)32-19-33-29(27)35)20-8-14-25(15-9-20)36-24-6-2-1-3-7-24/h1-3,6-9,14-15,18-19,21-23H,4-5,10-13,16-17,30H2,(H2,31,32,33)/t21-,22-,23+/m0/s1. The second-order valence-electron chi connectivity index (χ2n) is 10.2. The molecule has 3 heterocycles. The Bertz CT molecular complexity index is 1310. The van der Waals surface area contributed by atoms with Crippen molar-refractivity contribution in [1.82, 2.24) is 19.4 Å². The van der Waals surface area contributed by atoms with Crippen LogP contribution in [-0.4, -0.2) is 44.6 Å². The lowest BCUT2D eigenvalue weighted by atomic mass is 9.88. The van der Waals surface area contributed by atoms with Crippen LogP contribution in [0.2, 0.25) is 0 Å². The van der Waals surface area contributed by atoms with E-state index in [0.29, 0.717) is 23.9 Å². The summed E-state index contributed by atoms with van der Waals surface area (Å²) in [5, 5.41) is 0.929. The summed E-state index contributed by atoms with van der Waals surface area (Å²) >= 11 is 0. The number of hydrogen-bond donors (Lipinski definition) is 2. The molecule has 0 spiro atoms. The number of rotatable bonds is 5. The van der Waals surface area contributed by atoms with Gasteiger partial charge in [-0.25, -0.2) is 9.97 Å². The molecule has 0 bridgehead atoms. The van der Waals surface area contributed by atoms with Crippen molar-refractivity contribution >= 4 is 16.9 Å². The number of piperidine rings is 1. The molecule has 36 heavy (non-hydrogen) atoms. The molecule has 0 radical (unpaired) electrons. The number of likely N-dealkylation sites (tertiary alicyclic amines) is 1. The topological polar surface area (TPSA) is 95.2 Å². The molecule has 0 amide bonds. The number of benzene rings is 2. The van der Waals surface area contributed by atoms with E-state index < -0.39 is 0 Å². The number of para-hydroxylation sites is 1. The van der Waals surface area contributed by atoms with Gasteiger partial charge in [0.15, 0.2) is 0 Å². The van der Waals surface area contributed by atoms with Crippen LogP contribution in [0.3, 0.4) is 0 Å². The number of aromatic nitrogens is 3. The van der Waals surface area contributed by atoms with E-state index in [1.165, 1.54) is 25.8 Å². The molecule has 2 aromatic heterocycles. The van der Waals surface area contributed by atoms with Crippen LogP contribution in [0, 0.1) is 0 Å². The van der Waals surface area contributed by atoms with E-state index in [4.69, 9.17) is 16.2 Å². The van der Waals surface area contributed by atoms with Crippen LogP contribution in [0.25, 0.3) is 22.2 Å². The van der Waals surface area contributed by atoms with Crippen molar-refractivity contribution in [3.05, 3.63) is 67.1 Å². The van der Waals surface area contributed by atoms with Crippen LogP contribution in [0.15, 0.2) is 67.1 Å². The van der Waals surface area contributed by atoms with Gasteiger partial charge < -0.3 is 20.8 Å². The molecular weight excluding hydrogens is 448 g/mol. The van der Waals surface area contributed by atoms with E-state index >= 15 is 0 Å². The predicted molar refractivity (Wildman–Crippen MR) is 144 cm³/mol. The van der Waals surface area contributed by atoms with Crippen LogP contribution in [0.1, 0.15) is 44.6 Å². The highest BCUT2D eigenvalue weighted by Crippen LogP contribution is 2.39. The number of ether oxygens (including phenoxy) is 1. The van der Waals surface area contributed by atoms with Gasteiger partial charge in [-0.1, -0.05) is 30.3 Å². The van der Waals surface area contributed by atoms with Crippen LogP contribution in [-0.2, 0) is 0 Å². The minimum atomic E-state index is 0.330. The third kappa shape index (κ3) is 4.56. The van der Waals surface area contributed by atoms with E-state index in [1.54, 1.807) is 6.33 Å². The minimum Gasteiger partial charge on any atom is -0.457 e. The van der Waals surface area contributed by atoms with E-state index in [9.17, 15) is 0 Å². The van der Waals surface area contributed by atoms with Gasteiger partial charge in [0.2, 0.25) is 0 Å². The zero-order chi connectivity index (χ0) is 24.5. The van der Waals surface area contributed by atoms with E-state index in [2.05, 4.69) is 37.8 Å². The van der Waals surface area contributed by atoms with Gasteiger partial charge in [-0.15, -0.1) is 0 Å². The van der Waals surface area contributed by atoms with Crippen LogP contribution in [0.4, 0.5) is 5.82 Å². The molecule has 4 N–H and O–H groups in total. The SMILES string of the molecule is Nc1ncnc2c1c(-c1ccc(Oc3ccccc3)cc1)cn2[C@H]1CC[C@@H](N2CCC[C@H](N)C2)CC1. The Hall–Kier alpha value is -3.42. The second-order valence-corrected chi connectivity index (χ2v) is 10.2. The van der Waals surface area contributed by atoms with Gasteiger partial charge in [-0.05, 0) is 74.9 Å². The summed E-state index contributed by atoms with van der Waals surface area (Å²) in [5.41, 5.74) is 15.7. The van der Waals surface area contributed by atoms with Gasteiger partial charge >= 0.3 is 0 Å². The maximum Gasteiger partial charge on any atom is 0.146 e. The summed E-state index contributed by atoms with van der Waals surface area (Å²) in [4.78, 5) is 11.6. The van der Waals surface area contributed by atoms with Gasteiger partial charge in [0.1, 0.15) is 29.3 Å². The molecule has 1 saturated heterocycles. The lowest BCUT2D eigenvalue weighted by molar-refractivity contribution is 0.107. The first kappa shape index (κ1) is 23.0. The molecule has 2 fully saturated rings.